The molecule has 0 spiro atoms. The number of hydrogen-bond donors (Lipinski definition) is 4. The van der Waals surface area contributed by atoms with Crippen molar-refractivity contribution in [3.8, 4) is 11.5 Å². The van der Waals surface area contributed by atoms with E-state index in [1.54, 1.807) is 12.1 Å². The lowest BCUT2D eigenvalue weighted by molar-refractivity contribution is -0.122. The highest BCUT2D eigenvalue weighted by molar-refractivity contribution is 5.90. The van der Waals surface area contributed by atoms with E-state index in [2.05, 4.69) is 29.4 Å². The number of aromatic carboxylic acids is 1. The summed E-state index contributed by atoms with van der Waals surface area (Å²) in [7, 11) is 0. The summed E-state index contributed by atoms with van der Waals surface area (Å²) in [6.07, 6.45) is 0. The number of likely N-dealkylation sites (N-methyl/N-ethyl adjacent to an activating group) is 1. The van der Waals surface area contributed by atoms with Crippen molar-refractivity contribution in [2.24, 2.45) is 0 Å². The van der Waals surface area contributed by atoms with E-state index < -0.39 is 12.0 Å². The summed E-state index contributed by atoms with van der Waals surface area (Å²) in [6.45, 7) is 10.3. The predicted octanol–water partition coefficient (Wildman–Crippen LogP) is 4.79. The fourth-order valence-electron chi connectivity index (χ4n) is 3.56. The molecule has 8 heteroatoms. The molecule has 0 aromatic heterocycles. The number of nitrogens with one attached hydrogen (secondary N) is 2. The number of nitrogens with zero attached hydrogens (tertiary/aromatic N) is 1. The second-order valence-electron chi connectivity index (χ2n) is 8.09. The zero-order chi connectivity index (χ0) is 27.0. The average Bonchev–Trinajstić information content (AvgIpc) is 2.91. The standard InChI is InChI=1S/C22H31N3O2.C7H6O3/c1-4-25(5-2)17-16-23-22(26)21(18-10-8-7-9-11-18)24-19-12-14-20(15-13-19)27-6-3;8-6-4-2-1-3-5(6)7(9)10/h7-15,21,24H,4-6,16-17H2,1-3H3,(H,23,26);1-4,8H,(H,9,10). The van der Waals surface area contributed by atoms with Crippen LogP contribution in [0.1, 0.15) is 42.7 Å². The van der Waals surface area contributed by atoms with E-state index >= 15 is 0 Å². The lowest BCUT2D eigenvalue weighted by Gasteiger charge is -2.22. The van der Waals surface area contributed by atoms with Crippen LogP contribution in [0.2, 0.25) is 0 Å². The minimum atomic E-state index is -1.11. The van der Waals surface area contributed by atoms with E-state index in [9.17, 15) is 9.59 Å². The Morgan fingerprint density at radius 2 is 1.51 bits per heavy atom. The van der Waals surface area contributed by atoms with Crippen molar-refractivity contribution in [1.82, 2.24) is 10.2 Å². The van der Waals surface area contributed by atoms with Gasteiger partial charge >= 0.3 is 5.97 Å². The second-order valence-corrected chi connectivity index (χ2v) is 8.09. The Balaban J connectivity index is 0.000000402. The molecule has 0 saturated heterocycles. The summed E-state index contributed by atoms with van der Waals surface area (Å²) in [5, 5.41) is 23.7. The van der Waals surface area contributed by atoms with Crippen molar-refractivity contribution in [2.75, 3.05) is 38.1 Å². The molecule has 3 aromatic carbocycles. The van der Waals surface area contributed by atoms with Crippen LogP contribution in [-0.4, -0.2) is 59.8 Å². The van der Waals surface area contributed by atoms with Crippen LogP contribution in [0.15, 0.2) is 78.9 Å². The van der Waals surface area contributed by atoms with Gasteiger partial charge in [-0.2, -0.15) is 0 Å². The lowest BCUT2D eigenvalue weighted by Crippen LogP contribution is -2.39. The number of para-hydroxylation sites is 1. The van der Waals surface area contributed by atoms with Crippen molar-refractivity contribution in [3.63, 3.8) is 0 Å². The number of rotatable bonds is 12. The fourth-order valence-corrected chi connectivity index (χ4v) is 3.56. The molecule has 0 saturated carbocycles. The number of benzene rings is 3. The van der Waals surface area contributed by atoms with Gasteiger partial charge in [0.05, 0.1) is 6.61 Å². The topological polar surface area (TPSA) is 111 Å². The van der Waals surface area contributed by atoms with Gasteiger partial charge in [0.2, 0.25) is 5.91 Å². The van der Waals surface area contributed by atoms with Crippen molar-refractivity contribution in [2.45, 2.75) is 26.8 Å². The Kier molecular flexibility index (Phi) is 12.5. The van der Waals surface area contributed by atoms with Crippen molar-refractivity contribution in [1.29, 1.82) is 0 Å². The number of carbonyl (C=O) groups is 2. The highest BCUT2D eigenvalue weighted by Gasteiger charge is 2.20. The van der Waals surface area contributed by atoms with Gasteiger partial charge in [-0.1, -0.05) is 56.3 Å². The maximum absolute atomic E-state index is 12.9. The van der Waals surface area contributed by atoms with Gasteiger partial charge < -0.3 is 30.5 Å². The first kappa shape index (κ1) is 29.2. The summed E-state index contributed by atoms with van der Waals surface area (Å²) < 4.78 is 5.48. The molecule has 198 valence electrons. The number of anilines is 1. The van der Waals surface area contributed by atoms with Crippen molar-refractivity contribution >= 4 is 17.6 Å². The molecule has 8 nitrogen and oxygen atoms in total. The van der Waals surface area contributed by atoms with Crippen LogP contribution in [0, 0.1) is 0 Å². The van der Waals surface area contributed by atoms with E-state index in [1.165, 1.54) is 12.1 Å². The molecule has 3 aromatic rings. The first-order valence-electron chi connectivity index (χ1n) is 12.4. The Hall–Kier alpha value is -4.04. The summed E-state index contributed by atoms with van der Waals surface area (Å²) in [6, 6.07) is 22.8. The average molecular weight is 508 g/mol. The predicted molar refractivity (Wildman–Crippen MR) is 146 cm³/mol. The number of amides is 1. The molecule has 0 aliphatic heterocycles. The SMILES string of the molecule is CCOc1ccc(NC(C(=O)NCCN(CC)CC)c2ccccc2)cc1.O=C(O)c1ccccc1O. The summed E-state index contributed by atoms with van der Waals surface area (Å²) in [4.78, 5) is 25.4. The molecule has 0 heterocycles. The van der Waals surface area contributed by atoms with E-state index in [-0.39, 0.29) is 17.2 Å². The number of hydrogen-bond acceptors (Lipinski definition) is 6. The van der Waals surface area contributed by atoms with Gasteiger partial charge in [0.25, 0.3) is 0 Å². The molecule has 37 heavy (non-hydrogen) atoms. The van der Waals surface area contributed by atoms with Gasteiger partial charge in [0, 0.05) is 18.8 Å². The van der Waals surface area contributed by atoms with E-state index in [1.807, 2.05) is 61.5 Å². The molecule has 0 aliphatic rings. The van der Waals surface area contributed by atoms with Crippen LogP contribution < -0.4 is 15.4 Å². The molecule has 0 fully saturated rings. The van der Waals surface area contributed by atoms with Crippen molar-refractivity contribution < 1.29 is 24.5 Å². The Bertz CT molecular complexity index is 1090. The molecule has 3 rings (SSSR count). The molecule has 1 unspecified atom stereocenters. The highest BCUT2D eigenvalue weighted by Crippen LogP contribution is 2.22. The largest absolute Gasteiger partial charge is 0.507 e. The molecule has 4 N–H and O–H groups in total. The van der Waals surface area contributed by atoms with Crippen LogP contribution in [0.25, 0.3) is 0 Å². The van der Waals surface area contributed by atoms with Gasteiger partial charge in [0.15, 0.2) is 0 Å². The normalized spacial score (nSPS) is 11.1. The third kappa shape index (κ3) is 9.85. The molecular formula is C29H37N3O5. The number of ether oxygens (including phenoxy) is 1. The third-order valence-electron chi connectivity index (χ3n) is 5.63. The van der Waals surface area contributed by atoms with Gasteiger partial charge in [0.1, 0.15) is 23.1 Å². The van der Waals surface area contributed by atoms with E-state index in [4.69, 9.17) is 14.9 Å². The van der Waals surface area contributed by atoms with E-state index in [0.29, 0.717) is 13.2 Å². The fraction of sp³-hybridized carbons (Fsp3) is 0.310. The van der Waals surface area contributed by atoms with Gasteiger partial charge in [-0.3, -0.25) is 4.79 Å². The lowest BCUT2D eigenvalue weighted by atomic mass is 10.1. The minimum Gasteiger partial charge on any atom is -0.507 e. The molecule has 0 radical (unpaired) electrons. The minimum absolute atomic E-state index is 0.0257. The number of phenols is 1. The van der Waals surface area contributed by atoms with Crippen molar-refractivity contribution in [3.05, 3.63) is 90.0 Å². The van der Waals surface area contributed by atoms with Gasteiger partial charge in [-0.25, -0.2) is 4.79 Å². The third-order valence-corrected chi connectivity index (χ3v) is 5.63. The van der Waals surface area contributed by atoms with Crippen LogP contribution >= 0.6 is 0 Å². The van der Waals surface area contributed by atoms with Crippen LogP contribution in [0.3, 0.4) is 0 Å². The Morgan fingerprint density at radius 3 is 2.05 bits per heavy atom. The monoisotopic (exact) mass is 507 g/mol. The quantitative estimate of drug-likeness (QED) is 0.279. The smallest absolute Gasteiger partial charge is 0.339 e. The summed E-state index contributed by atoms with van der Waals surface area (Å²) >= 11 is 0. The number of carboxylic acids is 1. The summed E-state index contributed by atoms with van der Waals surface area (Å²) in [5.74, 6) is -0.515. The molecule has 0 bridgehead atoms. The van der Waals surface area contributed by atoms with E-state index in [0.717, 1.165) is 36.6 Å². The number of carbonyl (C=O) groups excluding carboxylic acids is 1. The maximum atomic E-state index is 12.9. The van der Waals surface area contributed by atoms with Crippen LogP contribution in [-0.2, 0) is 4.79 Å². The Labute approximate surface area is 218 Å². The van der Waals surface area contributed by atoms with Gasteiger partial charge in [-0.05, 0) is 62.0 Å². The number of carboxylic acid groups (broad SMARTS) is 1. The number of aromatic hydroxyl groups is 1. The summed E-state index contributed by atoms with van der Waals surface area (Å²) in [5.41, 5.74) is 1.75. The van der Waals surface area contributed by atoms with Gasteiger partial charge in [-0.15, -0.1) is 0 Å². The molecule has 1 atom stereocenters. The molecule has 1 amide bonds. The van der Waals surface area contributed by atoms with Crippen LogP contribution in [0.5, 0.6) is 11.5 Å². The second kappa shape index (κ2) is 15.9. The molecular weight excluding hydrogens is 470 g/mol. The highest BCUT2D eigenvalue weighted by atomic mass is 16.5. The first-order valence-corrected chi connectivity index (χ1v) is 12.4. The zero-order valence-corrected chi connectivity index (χ0v) is 21.7. The van der Waals surface area contributed by atoms with Crippen LogP contribution in [0.4, 0.5) is 5.69 Å². The Morgan fingerprint density at radius 1 is 0.892 bits per heavy atom. The molecule has 0 aliphatic carbocycles. The maximum Gasteiger partial charge on any atom is 0.339 e. The first-order chi connectivity index (χ1) is 17.9. The zero-order valence-electron chi connectivity index (χ0n) is 21.7.